The number of hydrogen-bond acceptors (Lipinski definition) is 5. The van der Waals surface area contributed by atoms with Crippen molar-refractivity contribution in [3.05, 3.63) is 58.7 Å². The summed E-state index contributed by atoms with van der Waals surface area (Å²) in [5.41, 5.74) is 4.59. The molecule has 6 nitrogen and oxygen atoms in total. The average Bonchev–Trinajstić information content (AvgIpc) is 2.99. The molecule has 0 N–H and O–H groups in total. The maximum absolute atomic E-state index is 12.2. The van der Waals surface area contributed by atoms with E-state index in [4.69, 9.17) is 4.74 Å². The van der Waals surface area contributed by atoms with Crippen LogP contribution in [0.25, 0.3) is 5.78 Å². The molecule has 0 aliphatic heterocycles. The minimum absolute atomic E-state index is 0.173. The summed E-state index contributed by atoms with van der Waals surface area (Å²) in [4.78, 5) is 20.6. The Balaban J connectivity index is 1.74. The second-order valence-electron chi connectivity index (χ2n) is 5.50. The molecule has 0 fully saturated rings. The lowest BCUT2D eigenvalue weighted by Gasteiger charge is -2.11. The van der Waals surface area contributed by atoms with E-state index in [2.05, 4.69) is 15.1 Å². The summed E-state index contributed by atoms with van der Waals surface area (Å²) >= 11 is 0. The van der Waals surface area contributed by atoms with Gasteiger partial charge in [-0.2, -0.15) is 10.1 Å². The fourth-order valence-corrected chi connectivity index (χ4v) is 2.54. The third kappa shape index (κ3) is 3.06. The second-order valence-corrected chi connectivity index (χ2v) is 5.50. The fraction of sp³-hybridized carbons (Fsp3) is 0.294. The van der Waals surface area contributed by atoms with E-state index in [1.807, 2.05) is 45.0 Å². The van der Waals surface area contributed by atoms with Gasteiger partial charge in [-0.3, -0.25) is 4.79 Å². The van der Waals surface area contributed by atoms with Crippen LogP contribution in [0.1, 0.15) is 28.1 Å². The van der Waals surface area contributed by atoms with Crippen LogP contribution >= 0.6 is 0 Å². The first-order chi connectivity index (χ1) is 11.1. The molecule has 0 aliphatic rings. The van der Waals surface area contributed by atoms with Crippen LogP contribution in [-0.2, 0) is 22.6 Å². The molecule has 0 saturated carbocycles. The van der Waals surface area contributed by atoms with Gasteiger partial charge < -0.3 is 4.74 Å². The van der Waals surface area contributed by atoms with Crippen LogP contribution in [0.15, 0.2) is 30.6 Å². The largest absolute Gasteiger partial charge is 0.461 e. The summed E-state index contributed by atoms with van der Waals surface area (Å²) < 4.78 is 7.04. The van der Waals surface area contributed by atoms with Gasteiger partial charge in [0.05, 0.1) is 6.42 Å². The van der Waals surface area contributed by atoms with Crippen LogP contribution in [0.3, 0.4) is 0 Å². The Labute approximate surface area is 134 Å². The van der Waals surface area contributed by atoms with Crippen molar-refractivity contribution in [2.45, 2.75) is 33.8 Å². The molecule has 0 aliphatic carbocycles. The number of hydrogen-bond donors (Lipinski definition) is 0. The summed E-state index contributed by atoms with van der Waals surface area (Å²) in [5, 5.41) is 4.12. The number of carbonyl (C=O) groups excluding carboxylic acids is 1. The SMILES string of the molecule is Cc1ccccc1COC(=O)Cc1c(C)nc2ncnn2c1C. The summed E-state index contributed by atoms with van der Waals surface area (Å²) in [6.07, 6.45) is 1.63. The van der Waals surface area contributed by atoms with Gasteiger partial charge in [-0.15, -0.1) is 0 Å². The van der Waals surface area contributed by atoms with E-state index in [0.717, 1.165) is 28.1 Å². The number of ether oxygens (including phenoxy) is 1. The first-order valence-electron chi connectivity index (χ1n) is 7.42. The van der Waals surface area contributed by atoms with Crippen molar-refractivity contribution in [2.24, 2.45) is 0 Å². The summed E-state index contributed by atoms with van der Waals surface area (Å²) in [6, 6.07) is 7.86. The van der Waals surface area contributed by atoms with Crippen LogP contribution in [0.2, 0.25) is 0 Å². The highest BCUT2D eigenvalue weighted by Gasteiger charge is 2.15. The molecule has 118 valence electrons. The van der Waals surface area contributed by atoms with Crippen LogP contribution in [-0.4, -0.2) is 25.6 Å². The molecule has 3 rings (SSSR count). The lowest BCUT2D eigenvalue weighted by atomic mass is 10.1. The fourth-order valence-electron chi connectivity index (χ4n) is 2.54. The van der Waals surface area contributed by atoms with Gasteiger partial charge in [0.1, 0.15) is 12.9 Å². The number of rotatable bonds is 4. The summed E-state index contributed by atoms with van der Waals surface area (Å²) in [6.45, 7) is 6.05. The van der Waals surface area contributed by atoms with Crippen LogP contribution in [0.5, 0.6) is 0 Å². The highest BCUT2D eigenvalue weighted by molar-refractivity contribution is 5.73. The Morgan fingerprint density at radius 3 is 2.78 bits per heavy atom. The molecule has 23 heavy (non-hydrogen) atoms. The van der Waals surface area contributed by atoms with Gasteiger partial charge in [-0.05, 0) is 31.9 Å². The molecular formula is C17H18N4O2. The third-order valence-electron chi connectivity index (χ3n) is 3.96. The third-order valence-corrected chi connectivity index (χ3v) is 3.96. The number of carbonyl (C=O) groups is 1. The normalized spacial score (nSPS) is 10.9. The zero-order valence-corrected chi connectivity index (χ0v) is 13.4. The molecule has 3 aromatic rings. The van der Waals surface area contributed by atoms with Gasteiger partial charge in [0.2, 0.25) is 0 Å². The Bertz CT molecular complexity index is 870. The van der Waals surface area contributed by atoms with Crippen molar-refractivity contribution < 1.29 is 9.53 Å². The molecule has 0 saturated heterocycles. The molecule has 0 atom stereocenters. The lowest BCUT2D eigenvalue weighted by molar-refractivity contribution is -0.144. The standard InChI is InChI=1S/C17H18N4O2/c1-11-6-4-5-7-14(11)9-23-16(22)8-15-12(2)20-17-18-10-19-21(17)13(15)3/h4-7,10H,8-9H2,1-3H3. The van der Waals surface area contributed by atoms with Crippen LogP contribution in [0.4, 0.5) is 0 Å². The Kier molecular flexibility index (Phi) is 4.06. The van der Waals surface area contributed by atoms with E-state index in [1.165, 1.54) is 6.33 Å². The molecule has 0 amide bonds. The molecule has 6 heteroatoms. The van der Waals surface area contributed by atoms with Gasteiger partial charge >= 0.3 is 5.97 Å². The molecule has 0 spiro atoms. The van der Waals surface area contributed by atoms with Crippen molar-refractivity contribution in [3.63, 3.8) is 0 Å². The van der Waals surface area contributed by atoms with E-state index in [9.17, 15) is 4.79 Å². The minimum Gasteiger partial charge on any atom is -0.461 e. The van der Waals surface area contributed by atoms with E-state index in [0.29, 0.717) is 5.78 Å². The molecule has 0 bridgehead atoms. The van der Waals surface area contributed by atoms with E-state index in [1.54, 1.807) is 4.52 Å². The first-order valence-corrected chi connectivity index (χ1v) is 7.42. The zero-order chi connectivity index (χ0) is 16.4. The average molecular weight is 310 g/mol. The van der Waals surface area contributed by atoms with Gasteiger partial charge in [0.25, 0.3) is 5.78 Å². The molecular weight excluding hydrogens is 292 g/mol. The molecule has 0 radical (unpaired) electrons. The predicted molar refractivity (Wildman–Crippen MR) is 84.9 cm³/mol. The van der Waals surface area contributed by atoms with Crippen molar-refractivity contribution in [2.75, 3.05) is 0 Å². The van der Waals surface area contributed by atoms with Crippen molar-refractivity contribution in [1.82, 2.24) is 19.6 Å². The molecule has 2 aromatic heterocycles. The van der Waals surface area contributed by atoms with E-state index >= 15 is 0 Å². The Morgan fingerprint density at radius 2 is 2.00 bits per heavy atom. The van der Waals surface area contributed by atoms with Crippen molar-refractivity contribution in [3.8, 4) is 0 Å². The number of aromatic nitrogens is 4. The number of nitrogens with zero attached hydrogens (tertiary/aromatic N) is 4. The smallest absolute Gasteiger partial charge is 0.310 e. The molecule has 1 aromatic carbocycles. The molecule has 0 unspecified atom stereocenters. The van der Waals surface area contributed by atoms with Crippen LogP contribution in [0, 0.1) is 20.8 Å². The Hall–Kier alpha value is -2.76. The second kappa shape index (κ2) is 6.16. The zero-order valence-electron chi connectivity index (χ0n) is 13.4. The number of benzene rings is 1. The quantitative estimate of drug-likeness (QED) is 0.692. The topological polar surface area (TPSA) is 69.4 Å². The van der Waals surface area contributed by atoms with E-state index < -0.39 is 0 Å². The highest BCUT2D eigenvalue weighted by Crippen LogP contribution is 2.15. The first kappa shape index (κ1) is 15.1. The summed E-state index contributed by atoms with van der Waals surface area (Å²) in [7, 11) is 0. The van der Waals surface area contributed by atoms with Gasteiger partial charge in [-0.1, -0.05) is 24.3 Å². The van der Waals surface area contributed by atoms with Gasteiger partial charge in [0, 0.05) is 17.0 Å². The van der Waals surface area contributed by atoms with Crippen molar-refractivity contribution in [1.29, 1.82) is 0 Å². The number of esters is 1. The van der Waals surface area contributed by atoms with Crippen molar-refractivity contribution >= 4 is 11.7 Å². The summed E-state index contributed by atoms with van der Waals surface area (Å²) in [5.74, 6) is 0.262. The monoisotopic (exact) mass is 310 g/mol. The Morgan fingerprint density at radius 1 is 1.22 bits per heavy atom. The highest BCUT2D eigenvalue weighted by atomic mass is 16.5. The van der Waals surface area contributed by atoms with Gasteiger partial charge in [0.15, 0.2) is 0 Å². The number of aryl methyl sites for hydroxylation is 3. The van der Waals surface area contributed by atoms with Crippen LogP contribution < -0.4 is 0 Å². The molecule has 2 heterocycles. The maximum Gasteiger partial charge on any atom is 0.310 e. The lowest BCUT2D eigenvalue weighted by Crippen LogP contribution is -2.13. The number of fused-ring (bicyclic) bond motifs is 1. The van der Waals surface area contributed by atoms with Gasteiger partial charge in [-0.25, -0.2) is 9.50 Å². The predicted octanol–water partition coefficient (Wildman–Crippen LogP) is 2.34. The maximum atomic E-state index is 12.2. The van der Waals surface area contributed by atoms with E-state index in [-0.39, 0.29) is 19.0 Å². The minimum atomic E-state index is -0.277.